The van der Waals surface area contributed by atoms with E-state index in [1.807, 2.05) is 11.8 Å². The van der Waals surface area contributed by atoms with Gasteiger partial charge < -0.3 is 10.4 Å². The minimum Gasteiger partial charge on any atom is -0.396 e. The number of aliphatic hydroxyl groups is 1. The first-order valence-corrected chi connectivity index (χ1v) is 6.21. The lowest BCUT2D eigenvalue weighted by atomic mass is 10.3. The Kier molecular flexibility index (Phi) is 9.03. The van der Waals surface area contributed by atoms with Gasteiger partial charge in [-0.3, -0.25) is 0 Å². The van der Waals surface area contributed by atoms with Gasteiger partial charge in [0.25, 0.3) is 0 Å². The van der Waals surface area contributed by atoms with E-state index >= 15 is 0 Å². The van der Waals surface area contributed by atoms with E-state index in [1.165, 1.54) is 12.2 Å². The number of hydrogen-bond acceptors (Lipinski definition) is 3. The van der Waals surface area contributed by atoms with Gasteiger partial charge in [-0.05, 0) is 32.1 Å². The van der Waals surface area contributed by atoms with Crippen LogP contribution in [0.5, 0.6) is 0 Å². The van der Waals surface area contributed by atoms with Crippen LogP contribution in [0.15, 0.2) is 0 Å². The zero-order chi connectivity index (χ0) is 10.1. The van der Waals surface area contributed by atoms with Crippen LogP contribution in [0.3, 0.4) is 0 Å². The van der Waals surface area contributed by atoms with Crippen molar-refractivity contribution < 1.29 is 5.11 Å². The standard InChI is InChI=1S/C10H23NOS/c1-4-11-9(2)6-8-13-10(3)5-7-12/h9-12H,4-8H2,1-3H3. The van der Waals surface area contributed by atoms with Crippen molar-refractivity contribution in [2.75, 3.05) is 18.9 Å². The van der Waals surface area contributed by atoms with Gasteiger partial charge in [-0.15, -0.1) is 0 Å². The van der Waals surface area contributed by atoms with Crippen LogP contribution in [-0.2, 0) is 0 Å². The molecule has 0 bridgehead atoms. The minimum atomic E-state index is 0.316. The summed E-state index contributed by atoms with van der Waals surface area (Å²) in [4.78, 5) is 0. The molecule has 80 valence electrons. The summed E-state index contributed by atoms with van der Waals surface area (Å²) in [6.45, 7) is 7.91. The van der Waals surface area contributed by atoms with Crippen molar-refractivity contribution in [3.05, 3.63) is 0 Å². The Bertz CT molecular complexity index is 99.1. The highest BCUT2D eigenvalue weighted by Crippen LogP contribution is 2.15. The summed E-state index contributed by atoms with van der Waals surface area (Å²) in [5.41, 5.74) is 0. The van der Waals surface area contributed by atoms with Crippen LogP contribution in [-0.4, -0.2) is 35.3 Å². The molecule has 2 nitrogen and oxygen atoms in total. The van der Waals surface area contributed by atoms with Crippen LogP contribution in [0.4, 0.5) is 0 Å². The number of nitrogens with one attached hydrogen (secondary N) is 1. The van der Waals surface area contributed by atoms with Crippen molar-refractivity contribution in [1.29, 1.82) is 0 Å². The molecule has 0 aliphatic heterocycles. The van der Waals surface area contributed by atoms with E-state index in [-0.39, 0.29) is 0 Å². The van der Waals surface area contributed by atoms with E-state index in [1.54, 1.807) is 0 Å². The van der Waals surface area contributed by atoms with E-state index in [0.29, 0.717) is 17.9 Å². The summed E-state index contributed by atoms with van der Waals surface area (Å²) in [7, 11) is 0. The van der Waals surface area contributed by atoms with Crippen molar-refractivity contribution in [3.63, 3.8) is 0 Å². The summed E-state index contributed by atoms with van der Waals surface area (Å²) in [6, 6.07) is 0.624. The van der Waals surface area contributed by atoms with Gasteiger partial charge in [0.2, 0.25) is 0 Å². The second-order valence-electron chi connectivity index (χ2n) is 3.44. The first-order valence-electron chi connectivity index (χ1n) is 5.16. The lowest BCUT2D eigenvalue weighted by Gasteiger charge is -2.13. The summed E-state index contributed by atoms with van der Waals surface area (Å²) in [6.07, 6.45) is 2.13. The molecule has 13 heavy (non-hydrogen) atoms. The fourth-order valence-electron chi connectivity index (χ4n) is 1.16. The topological polar surface area (TPSA) is 32.3 Å². The Morgan fingerprint density at radius 1 is 1.31 bits per heavy atom. The normalized spacial score (nSPS) is 15.7. The molecule has 0 fully saturated rings. The fourth-order valence-corrected chi connectivity index (χ4v) is 2.33. The molecule has 0 aromatic heterocycles. The van der Waals surface area contributed by atoms with E-state index < -0.39 is 0 Å². The SMILES string of the molecule is CCNC(C)CCSC(C)CCO. The number of aliphatic hydroxyl groups excluding tert-OH is 1. The predicted octanol–water partition coefficient (Wildman–Crippen LogP) is 1.88. The van der Waals surface area contributed by atoms with E-state index in [4.69, 9.17) is 5.11 Å². The zero-order valence-corrected chi connectivity index (χ0v) is 9.86. The Morgan fingerprint density at radius 2 is 2.00 bits per heavy atom. The number of rotatable bonds is 8. The van der Waals surface area contributed by atoms with Crippen LogP contribution in [0.25, 0.3) is 0 Å². The minimum absolute atomic E-state index is 0.316. The molecule has 0 spiro atoms. The van der Waals surface area contributed by atoms with E-state index in [0.717, 1.165) is 13.0 Å². The van der Waals surface area contributed by atoms with Crippen LogP contribution in [0.2, 0.25) is 0 Å². The highest BCUT2D eigenvalue weighted by molar-refractivity contribution is 7.99. The first-order chi connectivity index (χ1) is 6.20. The van der Waals surface area contributed by atoms with Gasteiger partial charge in [0, 0.05) is 17.9 Å². The third-order valence-corrected chi connectivity index (χ3v) is 3.32. The molecule has 0 saturated heterocycles. The smallest absolute Gasteiger partial charge is 0.0441 e. The molecule has 0 aromatic rings. The summed E-state index contributed by atoms with van der Waals surface area (Å²) < 4.78 is 0. The third kappa shape index (κ3) is 8.60. The maximum absolute atomic E-state index is 8.70. The van der Waals surface area contributed by atoms with Crippen molar-refractivity contribution in [2.24, 2.45) is 0 Å². The van der Waals surface area contributed by atoms with Gasteiger partial charge >= 0.3 is 0 Å². The Hall–Kier alpha value is 0.270. The molecule has 0 amide bonds. The lowest BCUT2D eigenvalue weighted by molar-refractivity contribution is 0.289. The quantitative estimate of drug-likeness (QED) is 0.634. The first kappa shape index (κ1) is 13.3. The van der Waals surface area contributed by atoms with Crippen LogP contribution in [0, 0.1) is 0 Å². The Balaban J connectivity index is 3.23. The van der Waals surface area contributed by atoms with Gasteiger partial charge in [-0.2, -0.15) is 11.8 Å². The number of hydrogen-bond donors (Lipinski definition) is 2. The highest BCUT2D eigenvalue weighted by Gasteiger charge is 2.03. The lowest BCUT2D eigenvalue weighted by Crippen LogP contribution is -2.26. The highest BCUT2D eigenvalue weighted by atomic mass is 32.2. The van der Waals surface area contributed by atoms with Gasteiger partial charge in [-0.25, -0.2) is 0 Å². The molecule has 0 rings (SSSR count). The van der Waals surface area contributed by atoms with Gasteiger partial charge in [0.05, 0.1) is 0 Å². The molecular weight excluding hydrogens is 182 g/mol. The Labute approximate surface area is 86.5 Å². The molecule has 2 N–H and O–H groups in total. The Morgan fingerprint density at radius 3 is 2.54 bits per heavy atom. The van der Waals surface area contributed by atoms with Crippen LogP contribution < -0.4 is 5.32 Å². The molecule has 0 aromatic carbocycles. The zero-order valence-electron chi connectivity index (χ0n) is 9.05. The maximum atomic E-state index is 8.70. The average molecular weight is 205 g/mol. The molecule has 0 heterocycles. The summed E-state index contributed by atoms with van der Waals surface area (Å²) in [5, 5.41) is 12.7. The molecule has 3 heteroatoms. The molecule has 2 atom stereocenters. The van der Waals surface area contributed by atoms with Gasteiger partial charge in [0.15, 0.2) is 0 Å². The molecule has 0 radical (unpaired) electrons. The monoisotopic (exact) mass is 205 g/mol. The average Bonchev–Trinajstić information content (AvgIpc) is 2.05. The van der Waals surface area contributed by atoms with Crippen LogP contribution in [0.1, 0.15) is 33.6 Å². The third-order valence-electron chi connectivity index (χ3n) is 2.04. The maximum Gasteiger partial charge on any atom is 0.0441 e. The molecule has 0 saturated carbocycles. The summed E-state index contributed by atoms with van der Waals surface area (Å²) >= 11 is 1.96. The fraction of sp³-hybridized carbons (Fsp3) is 1.00. The molecule has 0 aliphatic carbocycles. The van der Waals surface area contributed by atoms with E-state index in [2.05, 4.69) is 26.1 Å². The second kappa shape index (κ2) is 8.85. The van der Waals surface area contributed by atoms with Gasteiger partial charge in [-0.1, -0.05) is 13.8 Å². The van der Waals surface area contributed by atoms with Gasteiger partial charge in [0.1, 0.15) is 0 Å². The van der Waals surface area contributed by atoms with Crippen molar-refractivity contribution in [1.82, 2.24) is 5.32 Å². The second-order valence-corrected chi connectivity index (χ2v) is 4.99. The molecular formula is C10H23NOS. The molecule has 0 aliphatic rings. The van der Waals surface area contributed by atoms with Crippen molar-refractivity contribution in [2.45, 2.75) is 44.9 Å². The van der Waals surface area contributed by atoms with E-state index in [9.17, 15) is 0 Å². The predicted molar refractivity (Wildman–Crippen MR) is 61.4 cm³/mol. The largest absolute Gasteiger partial charge is 0.396 e. The van der Waals surface area contributed by atoms with Crippen molar-refractivity contribution in [3.8, 4) is 0 Å². The van der Waals surface area contributed by atoms with Crippen molar-refractivity contribution >= 4 is 11.8 Å². The van der Waals surface area contributed by atoms with Crippen LogP contribution >= 0.6 is 11.8 Å². The summed E-state index contributed by atoms with van der Waals surface area (Å²) in [5.74, 6) is 1.19. The number of thioether (sulfide) groups is 1. The molecule has 2 unspecified atom stereocenters.